The topological polar surface area (TPSA) is 12.9 Å². The quantitative estimate of drug-likeness (QED) is 0.721. The van der Waals surface area contributed by atoms with Gasteiger partial charge in [-0.05, 0) is 34.9 Å². The Balaban J connectivity index is 0.000000171. The van der Waals surface area contributed by atoms with Gasteiger partial charge in [-0.3, -0.25) is 4.98 Å². The van der Waals surface area contributed by atoms with E-state index < -0.39 is 0 Å². The van der Waals surface area contributed by atoms with Crippen LogP contribution in [0.5, 0.6) is 0 Å². The Morgan fingerprint density at radius 2 is 1.76 bits per heavy atom. The Kier molecular flexibility index (Phi) is 5.92. The van der Waals surface area contributed by atoms with Gasteiger partial charge in [0.25, 0.3) is 0 Å². The average Bonchev–Trinajstić information content (AvgIpc) is 2.84. The van der Waals surface area contributed by atoms with Crippen molar-refractivity contribution >= 4 is 11.3 Å². The van der Waals surface area contributed by atoms with Crippen LogP contribution < -0.4 is 0 Å². The molecule has 0 aromatic carbocycles. The normalized spacial score (nSPS) is 10.2. The molecule has 0 aliphatic carbocycles. The second-order valence-electron chi connectivity index (χ2n) is 4.61. The number of hydrogen-bond donors (Lipinski definition) is 0. The summed E-state index contributed by atoms with van der Waals surface area (Å²) in [6, 6.07) is 8.34. The molecule has 0 spiro atoms. The van der Waals surface area contributed by atoms with Crippen molar-refractivity contribution in [2.75, 3.05) is 0 Å². The number of pyridine rings is 1. The van der Waals surface area contributed by atoms with Crippen LogP contribution in [0, 0.1) is 0 Å². The van der Waals surface area contributed by atoms with Crippen LogP contribution in [0.3, 0.4) is 0 Å². The molecule has 0 aliphatic rings. The molecule has 0 aliphatic heterocycles. The van der Waals surface area contributed by atoms with Crippen molar-refractivity contribution in [2.45, 2.75) is 39.5 Å². The van der Waals surface area contributed by atoms with Crippen molar-refractivity contribution < 1.29 is 0 Å². The summed E-state index contributed by atoms with van der Waals surface area (Å²) in [6.45, 7) is 8.76. The molecule has 0 saturated heterocycles. The number of aromatic nitrogens is 1. The van der Waals surface area contributed by atoms with E-state index in [2.05, 4.69) is 56.3 Å². The van der Waals surface area contributed by atoms with Crippen LogP contribution in [0.15, 0.2) is 42.0 Å². The number of rotatable bonds is 2. The minimum Gasteiger partial charge on any atom is -0.264 e. The summed E-state index contributed by atoms with van der Waals surface area (Å²) in [7, 11) is 0. The molecule has 2 aromatic heterocycles. The smallest absolute Gasteiger partial charge is 0.0302 e. The van der Waals surface area contributed by atoms with E-state index in [1.807, 2.05) is 23.6 Å². The van der Waals surface area contributed by atoms with Crippen molar-refractivity contribution in [1.82, 2.24) is 4.98 Å². The van der Waals surface area contributed by atoms with Crippen molar-refractivity contribution in [1.29, 1.82) is 0 Å². The van der Waals surface area contributed by atoms with E-state index in [0.29, 0.717) is 11.8 Å². The lowest BCUT2D eigenvalue weighted by Gasteiger charge is -2.00. The highest BCUT2D eigenvalue weighted by atomic mass is 32.1. The van der Waals surface area contributed by atoms with Crippen molar-refractivity contribution in [3.8, 4) is 0 Å². The molecule has 2 heteroatoms. The number of thiophene rings is 1. The first kappa shape index (κ1) is 13.9. The molecule has 0 radical (unpaired) electrons. The Morgan fingerprint density at radius 3 is 2.06 bits per heavy atom. The summed E-state index contributed by atoms with van der Waals surface area (Å²) in [4.78, 5) is 5.48. The summed E-state index contributed by atoms with van der Waals surface area (Å²) in [5.74, 6) is 1.30. The molecule has 2 heterocycles. The highest BCUT2D eigenvalue weighted by Crippen LogP contribution is 2.18. The van der Waals surface area contributed by atoms with E-state index in [1.54, 1.807) is 6.20 Å². The molecule has 0 bridgehead atoms. The molecular formula is C15H21NS. The van der Waals surface area contributed by atoms with Gasteiger partial charge < -0.3 is 0 Å². The minimum atomic E-state index is 0.596. The molecule has 0 atom stereocenters. The van der Waals surface area contributed by atoms with Crippen LogP contribution in [-0.2, 0) is 0 Å². The SMILES string of the molecule is CC(C)c1cccnc1.CC(C)c1cccs1. The number of nitrogens with zero attached hydrogens (tertiary/aromatic N) is 1. The van der Waals surface area contributed by atoms with E-state index in [4.69, 9.17) is 0 Å². The minimum absolute atomic E-state index is 0.596. The second-order valence-corrected chi connectivity index (χ2v) is 5.59. The van der Waals surface area contributed by atoms with Crippen LogP contribution in [0.4, 0.5) is 0 Å². The van der Waals surface area contributed by atoms with E-state index >= 15 is 0 Å². The monoisotopic (exact) mass is 247 g/mol. The third kappa shape index (κ3) is 5.14. The summed E-state index contributed by atoms with van der Waals surface area (Å²) in [5.41, 5.74) is 1.30. The van der Waals surface area contributed by atoms with Gasteiger partial charge >= 0.3 is 0 Å². The van der Waals surface area contributed by atoms with Gasteiger partial charge in [0.2, 0.25) is 0 Å². The van der Waals surface area contributed by atoms with Gasteiger partial charge in [-0.15, -0.1) is 11.3 Å². The van der Waals surface area contributed by atoms with E-state index in [9.17, 15) is 0 Å². The Labute approximate surface area is 109 Å². The highest BCUT2D eigenvalue weighted by Gasteiger charge is 1.96. The maximum atomic E-state index is 4.01. The maximum absolute atomic E-state index is 4.01. The summed E-state index contributed by atoms with van der Waals surface area (Å²) in [6.07, 6.45) is 3.70. The largest absolute Gasteiger partial charge is 0.264 e. The van der Waals surface area contributed by atoms with Crippen LogP contribution in [0.1, 0.15) is 50.0 Å². The lowest BCUT2D eigenvalue weighted by Crippen LogP contribution is -1.85. The lowest BCUT2D eigenvalue weighted by atomic mass is 10.1. The first-order valence-corrected chi connectivity index (χ1v) is 6.92. The zero-order chi connectivity index (χ0) is 12.7. The molecule has 2 aromatic rings. The first-order chi connectivity index (χ1) is 8.11. The summed E-state index contributed by atoms with van der Waals surface area (Å²) < 4.78 is 0. The zero-order valence-electron chi connectivity index (χ0n) is 11.1. The molecular weight excluding hydrogens is 226 g/mol. The predicted octanol–water partition coefficient (Wildman–Crippen LogP) is 5.08. The molecule has 17 heavy (non-hydrogen) atoms. The fraction of sp³-hybridized carbons (Fsp3) is 0.400. The molecule has 1 nitrogen and oxygen atoms in total. The third-order valence-electron chi connectivity index (χ3n) is 2.46. The molecule has 0 unspecified atom stereocenters. The van der Waals surface area contributed by atoms with Gasteiger partial charge in [-0.2, -0.15) is 0 Å². The van der Waals surface area contributed by atoms with Crippen LogP contribution >= 0.6 is 11.3 Å². The van der Waals surface area contributed by atoms with Gasteiger partial charge in [0.05, 0.1) is 0 Å². The fourth-order valence-corrected chi connectivity index (χ4v) is 2.08. The first-order valence-electron chi connectivity index (χ1n) is 6.04. The predicted molar refractivity (Wildman–Crippen MR) is 76.7 cm³/mol. The molecule has 0 saturated carbocycles. The second kappa shape index (κ2) is 7.23. The van der Waals surface area contributed by atoms with E-state index in [-0.39, 0.29) is 0 Å². The molecule has 92 valence electrons. The van der Waals surface area contributed by atoms with Crippen LogP contribution in [0.2, 0.25) is 0 Å². The van der Waals surface area contributed by atoms with Crippen LogP contribution in [0.25, 0.3) is 0 Å². The highest BCUT2D eigenvalue weighted by molar-refractivity contribution is 7.10. The summed E-state index contributed by atoms with van der Waals surface area (Å²) in [5, 5.41) is 2.12. The number of hydrogen-bond acceptors (Lipinski definition) is 2. The van der Waals surface area contributed by atoms with E-state index in [1.165, 1.54) is 10.4 Å². The standard InChI is InChI=1S/C8H11N.C7H10S/c1-7(2)8-4-3-5-9-6-8;1-6(2)7-4-3-5-8-7/h3-7H,1-2H3;3-6H,1-2H3. The van der Waals surface area contributed by atoms with Gasteiger partial charge in [-0.25, -0.2) is 0 Å². The lowest BCUT2D eigenvalue weighted by molar-refractivity contribution is 0.858. The van der Waals surface area contributed by atoms with Gasteiger partial charge in [0.1, 0.15) is 0 Å². The van der Waals surface area contributed by atoms with Crippen molar-refractivity contribution in [3.63, 3.8) is 0 Å². The molecule has 0 fully saturated rings. The Bertz CT molecular complexity index is 390. The molecule has 2 rings (SSSR count). The zero-order valence-corrected chi connectivity index (χ0v) is 11.9. The Morgan fingerprint density at radius 1 is 1.00 bits per heavy atom. The third-order valence-corrected chi connectivity index (χ3v) is 3.64. The van der Waals surface area contributed by atoms with Crippen LogP contribution in [-0.4, -0.2) is 4.98 Å². The average molecular weight is 247 g/mol. The van der Waals surface area contributed by atoms with Crippen molar-refractivity contribution in [2.24, 2.45) is 0 Å². The Hall–Kier alpha value is -1.15. The van der Waals surface area contributed by atoms with Gasteiger partial charge in [0, 0.05) is 17.3 Å². The fourth-order valence-electron chi connectivity index (χ4n) is 1.34. The van der Waals surface area contributed by atoms with E-state index in [0.717, 1.165) is 0 Å². The van der Waals surface area contributed by atoms with Crippen molar-refractivity contribution in [3.05, 3.63) is 52.5 Å². The van der Waals surface area contributed by atoms with Gasteiger partial charge in [-0.1, -0.05) is 39.8 Å². The molecule has 0 amide bonds. The maximum Gasteiger partial charge on any atom is 0.0302 e. The van der Waals surface area contributed by atoms with Gasteiger partial charge in [0.15, 0.2) is 0 Å². The molecule has 0 N–H and O–H groups in total. The summed E-state index contributed by atoms with van der Waals surface area (Å²) >= 11 is 1.83.